The van der Waals surface area contributed by atoms with Crippen molar-refractivity contribution in [2.45, 2.75) is 24.3 Å². The maximum absolute atomic E-state index is 12.6. The number of fused-ring (bicyclic) bond motifs is 1. The van der Waals surface area contributed by atoms with E-state index in [1.165, 1.54) is 26.2 Å². The smallest absolute Gasteiger partial charge is 0.255 e. The van der Waals surface area contributed by atoms with E-state index in [4.69, 9.17) is 4.84 Å². The second-order valence-electron chi connectivity index (χ2n) is 7.13. The van der Waals surface area contributed by atoms with E-state index in [0.29, 0.717) is 11.3 Å². The summed E-state index contributed by atoms with van der Waals surface area (Å²) in [5.74, 6) is -0.143. The van der Waals surface area contributed by atoms with E-state index in [-0.39, 0.29) is 23.5 Å². The standard InChI is InChI=1S/C21H25N3O4S/c1-15-13-18-7-5-6-8-20(18)24(15)21(25)14-28-22-16(2)17-9-11-19(12-10-17)29(26,27)23(3)4/h5-12,15,22H,2,13-14H2,1,3-4H3/t15-/m0/s1. The predicted octanol–water partition coefficient (Wildman–Crippen LogP) is 2.41. The molecule has 7 nitrogen and oxygen atoms in total. The van der Waals surface area contributed by atoms with Crippen molar-refractivity contribution in [1.29, 1.82) is 0 Å². The number of benzene rings is 2. The van der Waals surface area contributed by atoms with Gasteiger partial charge in [-0.1, -0.05) is 36.9 Å². The van der Waals surface area contributed by atoms with Crippen LogP contribution in [-0.4, -0.2) is 45.4 Å². The summed E-state index contributed by atoms with van der Waals surface area (Å²) in [5.41, 5.74) is 5.84. The van der Waals surface area contributed by atoms with Crippen molar-refractivity contribution in [2.75, 3.05) is 25.6 Å². The fourth-order valence-corrected chi connectivity index (χ4v) is 4.20. The molecule has 0 spiro atoms. The molecule has 0 radical (unpaired) electrons. The first kappa shape index (κ1) is 21.0. The van der Waals surface area contributed by atoms with Crippen LogP contribution in [0.1, 0.15) is 18.1 Å². The zero-order chi connectivity index (χ0) is 21.2. The first-order valence-electron chi connectivity index (χ1n) is 9.21. The van der Waals surface area contributed by atoms with Gasteiger partial charge in [0, 0.05) is 25.8 Å². The van der Waals surface area contributed by atoms with Crippen molar-refractivity contribution in [3.05, 3.63) is 66.2 Å². The second kappa shape index (κ2) is 8.36. The lowest BCUT2D eigenvalue weighted by Gasteiger charge is -2.22. The highest BCUT2D eigenvalue weighted by Crippen LogP contribution is 2.31. The van der Waals surface area contributed by atoms with Crippen LogP contribution in [0, 0.1) is 0 Å². The number of amides is 1. The molecule has 1 N–H and O–H groups in total. The number of sulfonamides is 1. The Kier molecular flexibility index (Phi) is 6.07. The minimum atomic E-state index is -3.48. The average molecular weight is 416 g/mol. The van der Waals surface area contributed by atoms with Gasteiger partial charge in [0.05, 0.1) is 10.6 Å². The van der Waals surface area contributed by atoms with Crippen molar-refractivity contribution in [2.24, 2.45) is 0 Å². The normalized spacial score (nSPS) is 16.0. The zero-order valence-electron chi connectivity index (χ0n) is 16.8. The summed E-state index contributed by atoms with van der Waals surface area (Å²) in [4.78, 5) is 19.9. The molecule has 0 fully saturated rings. The van der Waals surface area contributed by atoms with Gasteiger partial charge in [-0.15, -0.1) is 0 Å². The number of para-hydroxylation sites is 1. The number of carbonyl (C=O) groups is 1. The van der Waals surface area contributed by atoms with Gasteiger partial charge in [0.1, 0.15) is 0 Å². The minimum Gasteiger partial charge on any atom is -0.307 e. The molecule has 2 aromatic rings. The summed E-state index contributed by atoms with van der Waals surface area (Å²) in [6.07, 6.45) is 0.824. The Bertz CT molecular complexity index is 1020. The van der Waals surface area contributed by atoms with Crippen molar-refractivity contribution in [1.82, 2.24) is 9.79 Å². The summed E-state index contributed by atoms with van der Waals surface area (Å²) >= 11 is 0. The maximum Gasteiger partial charge on any atom is 0.255 e. The molecule has 1 amide bonds. The molecule has 0 unspecified atom stereocenters. The van der Waals surface area contributed by atoms with Crippen LogP contribution in [0.3, 0.4) is 0 Å². The van der Waals surface area contributed by atoms with Crippen LogP contribution in [-0.2, 0) is 26.1 Å². The molecule has 0 bridgehead atoms. The molecule has 1 aliphatic rings. The molecule has 29 heavy (non-hydrogen) atoms. The molecule has 2 aromatic carbocycles. The van der Waals surface area contributed by atoms with Gasteiger partial charge >= 0.3 is 0 Å². The highest BCUT2D eigenvalue weighted by Gasteiger charge is 2.30. The number of rotatable bonds is 7. The topological polar surface area (TPSA) is 79.0 Å². The molecule has 0 aliphatic carbocycles. The Morgan fingerprint density at radius 3 is 2.52 bits per heavy atom. The Labute approximate surface area is 171 Å². The van der Waals surface area contributed by atoms with Gasteiger partial charge in [-0.3, -0.25) is 15.1 Å². The minimum absolute atomic E-state index is 0.0814. The van der Waals surface area contributed by atoms with Gasteiger partial charge in [-0.2, -0.15) is 0 Å². The van der Waals surface area contributed by atoms with Crippen LogP contribution in [0.5, 0.6) is 0 Å². The third-order valence-electron chi connectivity index (χ3n) is 4.85. The second-order valence-corrected chi connectivity index (χ2v) is 9.28. The van der Waals surface area contributed by atoms with E-state index < -0.39 is 10.0 Å². The van der Waals surface area contributed by atoms with Gasteiger partial charge < -0.3 is 4.90 Å². The SMILES string of the molecule is C=C(NOCC(=O)N1c2ccccc2C[C@@H]1C)c1ccc(S(=O)(=O)N(C)C)cc1. The van der Waals surface area contributed by atoms with Crippen LogP contribution in [0.2, 0.25) is 0 Å². The summed E-state index contributed by atoms with van der Waals surface area (Å²) in [7, 11) is -0.524. The number of carbonyl (C=O) groups excluding carboxylic acids is 1. The number of nitrogens with one attached hydrogen (secondary N) is 1. The zero-order valence-corrected chi connectivity index (χ0v) is 17.6. The highest BCUT2D eigenvalue weighted by atomic mass is 32.2. The molecule has 3 rings (SSSR count). The van der Waals surface area contributed by atoms with Crippen molar-refractivity contribution < 1.29 is 18.0 Å². The van der Waals surface area contributed by atoms with Crippen LogP contribution in [0.25, 0.3) is 5.70 Å². The van der Waals surface area contributed by atoms with E-state index >= 15 is 0 Å². The van der Waals surface area contributed by atoms with Crippen LogP contribution in [0.4, 0.5) is 5.69 Å². The molecule has 0 saturated carbocycles. The molecule has 154 valence electrons. The number of anilines is 1. The summed E-state index contributed by atoms with van der Waals surface area (Å²) < 4.78 is 25.4. The fourth-order valence-electron chi connectivity index (χ4n) is 3.30. The third-order valence-corrected chi connectivity index (χ3v) is 6.68. The van der Waals surface area contributed by atoms with Crippen LogP contribution >= 0.6 is 0 Å². The van der Waals surface area contributed by atoms with E-state index in [1.54, 1.807) is 17.0 Å². The predicted molar refractivity (Wildman–Crippen MR) is 113 cm³/mol. The highest BCUT2D eigenvalue weighted by molar-refractivity contribution is 7.89. The largest absolute Gasteiger partial charge is 0.307 e. The molecule has 8 heteroatoms. The summed E-state index contributed by atoms with van der Waals surface area (Å²) in [5, 5.41) is 0. The molecule has 0 aromatic heterocycles. The van der Waals surface area contributed by atoms with E-state index in [9.17, 15) is 13.2 Å². The van der Waals surface area contributed by atoms with E-state index in [1.807, 2.05) is 31.2 Å². The molecule has 1 heterocycles. The van der Waals surface area contributed by atoms with Gasteiger partial charge in [0.15, 0.2) is 6.61 Å². The molecular formula is C21H25N3O4S. The first-order valence-corrected chi connectivity index (χ1v) is 10.7. The average Bonchev–Trinajstić information content (AvgIpc) is 3.03. The Hall–Kier alpha value is -2.68. The van der Waals surface area contributed by atoms with Crippen molar-refractivity contribution in [3.63, 3.8) is 0 Å². The summed E-state index contributed by atoms with van der Waals surface area (Å²) in [6.45, 7) is 5.74. The van der Waals surface area contributed by atoms with Crippen molar-refractivity contribution in [3.8, 4) is 0 Å². The lowest BCUT2D eigenvalue weighted by atomic mass is 10.1. The van der Waals surface area contributed by atoms with Gasteiger partial charge in [0.2, 0.25) is 10.0 Å². The van der Waals surface area contributed by atoms with Gasteiger partial charge in [-0.05, 0) is 42.7 Å². The third kappa shape index (κ3) is 4.34. The molecule has 1 aliphatic heterocycles. The summed E-state index contributed by atoms with van der Waals surface area (Å²) in [6, 6.07) is 14.2. The Balaban J connectivity index is 1.57. The van der Waals surface area contributed by atoms with E-state index in [2.05, 4.69) is 12.1 Å². The van der Waals surface area contributed by atoms with Crippen LogP contribution < -0.4 is 10.4 Å². The quantitative estimate of drug-likeness (QED) is 0.703. The number of hydroxylamine groups is 1. The number of hydrogen-bond donors (Lipinski definition) is 1. The fraction of sp³-hybridized carbons (Fsp3) is 0.286. The molecular weight excluding hydrogens is 390 g/mol. The van der Waals surface area contributed by atoms with Gasteiger partial charge in [-0.25, -0.2) is 12.7 Å². The molecule has 0 saturated heterocycles. The first-order chi connectivity index (χ1) is 13.7. The lowest BCUT2D eigenvalue weighted by Crippen LogP contribution is -2.39. The number of nitrogens with zero attached hydrogens (tertiary/aromatic N) is 2. The maximum atomic E-state index is 12.6. The lowest BCUT2D eigenvalue weighted by molar-refractivity contribution is -0.125. The monoisotopic (exact) mass is 415 g/mol. The molecule has 1 atom stereocenters. The van der Waals surface area contributed by atoms with Crippen molar-refractivity contribution >= 4 is 27.3 Å². The Morgan fingerprint density at radius 1 is 1.21 bits per heavy atom. The Morgan fingerprint density at radius 2 is 1.86 bits per heavy atom. The van der Waals surface area contributed by atoms with Crippen LogP contribution in [0.15, 0.2) is 60.0 Å². The van der Waals surface area contributed by atoms with E-state index in [0.717, 1.165) is 22.0 Å². The number of hydrogen-bond acceptors (Lipinski definition) is 5. The van der Waals surface area contributed by atoms with Gasteiger partial charge in [0.25, 0.3) is 5.91 Å².